The predicted octanol–water partition coefficient (Wildman–Crippen LogP) is 0.766. The summed E-state index contributed by atoms with van der Waals surface area (Å²) < 4.78 is 5.32. The molecule has 16 heavy (non-hydrogen) atoms. The van der Waals surface area contributed by atoms with Gasteiger partial charge in [0, 0.05) is 26.3 Å². The molecule has 0 bridgehead atoms. The van der Waals surface area contributed by atoms with Gasteiger partial charge in [-0.3, -0.25) is 4.79 Å². The summed E-state index contributed by atoms with van der Waals surface area (Å²) in [5.74, 6) is 0.270. The van der Waals surface area contributed by atoms with E-state index in [0.29, 0.717) is 6.04 Å². The van der Waals surface area contributed by atoms with Gasteiger partial charge in [0.05, 0.1) is 6.04 Å². The van der Waals surface area contributed by atoms with E-state index in [4.69, 9.17) is 4.74 Å². The van der Waals surface area contributed by atoms with Gasteiger partial charge < -0.3 is 15.0 Å². The second kappa shape index (κ2) is 5.64. The topological polar surface area (TPSA) is 41.6 Å². The van der Waals surface area contributed by atoms with Crippen molar-refractivity contribution in [3.05, 3.63) is 0 Å². The zero-order valence-corrected chi connectivity index (χ0v) is 10.1. The normalized spacial score (nSPS) is 27.7. The van der Waals surface area contributed by atoms with E-state index < -0.39 is 0 Å². The molecule has 2 aliphatic rings. The van der Waals surface area contributed by atoms with Crippen LogP contribution >= 0.6 is 0 Å². The lowest BCUT2D eigenvalue weighted by Gasteiger charge is -2.35. The number of amides is 1. The number of carbonyl (C=O) groups excluding carboxylic acids is 1. The van der Waals surface area contributed by atoms with Crippen molar-refractivity contribution >= 4 is 5.91 Å². The van der Waals surface area contributed by atoms with Crippen molar-refractivity contribution in [2.45, 2.75) is 44.2 Å². The molecule has 0 aromatic carbocycles. The molecule has 2 aliphatic heterocycles. The van der Waals surface area contributed by atoms with Crippen LogP contribution in [-0.2, 0) is 9.53 Å². The molecule has 0 saturated carbocycles. The smallest absolute Gasteiger partial charge is 0.239 e. The molecule has 2 rings (SSSR count). The zero-order chi connectivity index (χ0) is 11.4. The molecule has 1 amide bonds. The number of rotatable bonds is 2. The number of likely N-dealkylation sites (N-methyl/N-ethyl adjacent to an activating group) is 1. The van der Waals surface area contributed by atoms with E-state index in [-0.39, 0.29) is 11.9 Å². The van der Waals surface area contributed by atoms with E-state index in [1.54, 1.807) is 0 Å². The van der Waals surface area contributed by atoms with Crippen molar-refractivity contribution in [2.75, 3.05) is 26.8 Å². The average Bonchev–Trinajstić information content (AvgIpc) is 2.39. The summed E-state index contributed by atoms with van der Waals surface area (Å²) >= 11 is 0. The van der Waals surface area contributed by atoms with Crippen LogP contribution in [-0.4, -0.2) is 49.7 Å². The molecule has 1 atom stereocenters. The third kappa shape index (κ3) is 2.74. The van der Waals surface area contributed by atoms with E-state index >= 15 is 0 Å². The second-order valence-electron chi connectivity index (χ2n) is 4.80. The standard InChI is InChI=1S/C12H22N2O2/c1-14(10-5-8-16-9-6-10)12(15)11-4-2-3-7-13-11/h10-11,13H,2-9H2,1H3/t11-/m1/s1. The molecule has 0 spiro atoms. The molecule has 0 radical (unpaired) electrons. The van der Waals surface area contributed by atoms with Crippen LogP contribution in [0.5, 0.6) is 0 Å². The Labute approximate surface area is 97.3 Å². The lowest BCUT2D eigenvalue weighted by Crippen LogP contribution is -2.51. The van der Waals surface area contributed by atoms with Gasteiger partial charge in [-0.1, -0.05) is 6.42 Å². The number of piperidine rings is 1. The SMILES string of the molecule is CN(C(=O)[C@H]1CCCCN1)C1CCOCC1. The highest BCUT2D eigenvalue weighted by Gasteiger charge is 2.28. The first-order valence-corrected chi connectivity index (χ1v) is 6.37. The minimum atomic E-state index is 0.0570. The van der Waals surface area contributed by atoms with Crippen LogP contribution in [0.4, 0.5) is 0 Å². The monoisotopic (exact) mass is 226 g/mol. The molecule has 4 nitrogen and oxygen atoms in total. The Morgan fingerprint density at radius 3 is 2.62 bits per heavy atom. The molecular weight excluding hydrogens is 204 g/mol. The maximum Gasteiger partial charge on any atom is 0.239 e. The van der Waals surface area contributed by atoms with E-state index in [1.807, 2.05) is 11.9 Å². The number of hydrogen-bond acceptors (Lipinski definition) is 3. The van der Waals surface area contributed by atoms with Gasteiger partial charge in [-0.15, -0.1) is 0 Å². The molecule has 2 saturated heterocycles. The summed E-state index contributed by atoms with van der Waals surface area (Å²) in [5, 5.41) is 3.32. The molecule has 0 aliphatic carbocycles. The molecular formula is C12H22N2O2. The van der Waals surface area contributed by atoms with Gasteiger partial charge in [-0.05, 0) is 32.2 Å². The van der Waals surface area contributed by atoms with Crippen LogP contribution in [0.1, 0.15) is 32.1 Å². The molecule has 0 aromatic rings. The summed E-state index contributed by atoms with van der Waals surface area (Å²) in [6, 6.07) is 0.437. The molecule has 0 aromatic heterocycles. The lowest BCUT2D eigenvalue weighted by atomic mass is 10.0. The predicted molar refractivity (Wildman–Crippen MR) is 62.3 cm³/mol. The third-order valence-electron chi connectivity index (χ3n) is 3.69. The van der Waals surface area contributed by atoms with Crippen molar-refractivity contribution in [1.82, 2.24) is 10.2 Å². The average molecular weight is 226 g/mol. The van der Waals surface area contributed by atoms with Gasteiger partial charge in [-0.25, -0.2) is 0 Å². The zero-order valence-electron chi connectivity index (χ0n) is 10.1. The van der Waals surface area contributed by atoms with Crippen LogP contribution in [0.25, 0.3) is 0 Å². The Bertz CT molecular complexity index is 233. The summed E-state index contributed by atoms with van der Waals surface area (Å²) in [6.45, 7) is 2.57. The highest BCUT2D eigenvalue weighted by molar-refractivity contribution is 5.82. The Morgan fingerprint density at radius 2 is 2.00 bits per heavy atom. The van der Waals surface area contributed by atoms with Gasteiger partial charge in [0.15, 0.2) is 0 Å². The first-order chi connectivity index (χ1) is 7.79. The minimum Gasteiger partial charge on any atom is -0.381 e. The van der Waals surface area contributed by atoms with Crippen LogP contribution < -0.4 is 5.32 Å². The van der Waals surface area contributed by atoms with Crippen LogP contribution in [0, 0.1) is 0 Å². The summed E-state index contributed by atoms with van der Waals surface area (Å²) in [6.07, 6.45) is 5.33. The largest absolute Gasteiger partial charge is 0.381 e. The highest BCUT2D eigenvalue weighted by atomic mass is 16.5. The Balaban J connectivity index is 1.86. The molecule has 2 fully saturated rings. The van der Waals surface area contributed by atoms with E-state index in [2.05, 4.69) is 5.32 Å². The lowest BCUT2D eigenvalue weighted by molar-refractivity contribution is -0.136. The second-order valence-corrected chi connectivity index (χ2v) is 4.80. The Hall–Kier alpha value is -0.610. The molecule has 2 heterocycles. The number of carbonyl (C=O) groups is 1. The van der Waals surface area contributed by atoms with E-state index in [0.717, 1.165) is 39.0 Å². The number of nitrogens with one attached hydrogen (secondary N) is 1. The fraction of sp³-hybridized carbons (Fsp3) is 0.917. The summed E-state index contributed by atoms with van der Waals surface area (Å²) in [4.78, 5) is 14.2. The van der Waals surface area contributed by atoms with E-state index in [9.17, 15) is 4.79 Å². The molecule has 4 heteroatoms. The quantitative estimate of drug-likeness (QED) is 0.756. The van der Waals surface area contributed by atoms with Crippen molar-refractivity contribution in [3.8, 4) is 0 Å². The van der Waals surface area contributed by atoms with Crippen molar-refractivity contribution < 1.29 is 9.53 Å². The summed E-state index contributed by atoms with van der Waals surface area (Å²) in [5.41, 5.74) is 0. The first-order valence-electron chi connectivity index (χ1n) is 6.37. The fourth-order valence-corrected chi connectivity index (χ4v) is 2.56. The Morgan fingerprint density at radius 1 is 1.25 bits per heavy atom. The van der Waals surface area contributed by atoms with Crippen LogP contribution in [0.2, 0.25) is 0 Å². The molecule has 0 unspecified atom stereocenters. The molecule has 92 valence electrons. The van der Waals surface area contributed by atoms with Gasteiger partial charge in [0.1, 0.15) is 0 Å². The fourth-order valence-electron chi connectivity index (χ4n) is 2.56. The minimum absolute atomic E-state index is 0.0570. The van der Waals surface area contributed by atoms with Crippen LogP contribution in [0.3, 0.4) is 0 Å². The van der Waals surface area contributed by atoms with Gasteiger partial charge in [-0.2, -0.15) is 0 Å². The number of hydrogen-bond donors (Lipinski definition) is 1. The maximum atomic E-state index is 12.2. The van der Waals surface area contributed by atoms with Gasteiger partial charge >= 0.3 is 0 Å². The van der Waals surface area contributed by atoms with E-state index in [1.165, 1.54) is 12.8 Å². The maximum absolute atomic E-state index is 12.2. The van der Waals surface area contributed by atoms with Crippen LogP contribution in [0.15, 0.2) is 0 Å². The number of ether oxygens (including phenoxy) is 1. The highest BCUT2D eigenvalue weighted by Crippen LogP contribution is 2.16. The number of nitrogens with zero attached hydrogens (tertiary/aromatic N) is 1. The first kappa shape index (κ1) is 11.9. The third-order valence-corrected chi connectivity index (χ3v) is 3.69. The van der Waals surface area contributed by atoms with Gasteiger partial charge in [0.25, 0.3) is 0 Å². The van der Waals surface area contributed by atoms with Crippen molar-refractivity contribution in [1.29, 1.82) is 0 Å². The summed E-state index contributed by atoms with van der Waals surface area (Å²) in [7, 11) is 1.94. The van der Waals surface area contributed by atoms with Crippen molar-refractivity contribution in [3.63, 3.8) is 0 Å². The Kier molecular flexibility index (Phi) is 4.18. The van der Waals surface area contributed by atoms with Crippen molar-refractivity contribution in [2.24, 2.45) is 0 Å². The van der Waals surface area contributed by atoms with Gasteiger partial charge in [0.2, 0.25) is 5.91 Å². The molecule has 1 N–H and O–H groups in total.